The number of nitrogens with zero attached hydrogens (tertiary/aromatic N) is 1. The molecular weight excluding hydrogens is 282 g/mol. The Bertz CT molecular complexity index is 882. The number of carbonyl (C=O) groups is 1. The maximum absolute atomic E-state index is 12.0. The number of thiazole rings is 1. The predicted octanol–water partition coefficient (Wildman–Crippen LogP) is 3.70. The van der Waals surface area contributed by atoms with Gasteiger partial charge in [0.05, 0.1) is 21.3 Å². The fourth-order valence-electron chi connectivity index (χ4n) is 2.38. The Morgan fingerprint density at radius 3 is 3.05 bits per heavy atom. The number of carbonyl (C=O) groups excluding carboxylic acids is 1. The quantitative estimate of drug-likeness (QED) is 0.708. The van der Waals surface area contributed by atoms with Crippen LogP contribution in [0.2, 0.25) is 0 Å². The molecule has 0 spiro atoms. The molecule has 21 heavy (non-hydrogen) atoms. The van der Waals surface area contributed by atoms with Gasteiger partial charge in [0.1, 0.15) is 0 Å². The van der Waals surface area contributed by atoms with Crippen molar-refractivity contribution >= 4 is 44.4 Å². The van der Waals surface area contributed by atoms with Crippen molar-refractivity contribution in [3.63, 3.8) is 0 Å². The Hall–Kier alpha value is -2.66. The van der Waals surface area contributed by atoms with Gasteiger partial charge in [-0.3, -0.25) is 4.79 Å². The molecule has 102 valence electrons. The molecule has 0 fully saturated rings. The fraction of sp³-hybridized carbons (Fsp3) is 0. The Morgan fingerprint density at radius 1 is 1.19 bits per heavy atom. The van der Waals surface area contributed by atoms with E-state index in [4.69, 9.17) is 0 Å². The first-order chi connectivity index (χ1) is 10.3. The standard InChI is InChI=1S/C16H11N3OS/c20-16-12(11-3-1-2-4-13(11)19-16)8-17-10-5-6-14-15(7-10)21-9-18-14/h1-9,17H,(H,19,20). The third-order valence-corrected chi connectivity index (χ3v) is 4.22. The Balaban J connectivity index is 1.67. The molecule has 4 rings (SSSR count). The topological polar surface area (TPSA) is 54.0 Å². The minimum atomic E-state index is -0.0810. The summed E-state index contributed by atoms with van der Waals surface area (Å²) in [6.07, 6.45) is 1.75. The minimum Gasteiger partial charge on any atom is -0.361 e. The van der Waals surface area contributed by atoms with Gasteiger partial charge in [-0.25, -0.2) is 4.98 Å². The van der Waals surface area contributed by atoms with Crippen LogP contribution < -0.4 is 10.6 Å². The molecule has 1 aliphatic rings. The van der Waals surface area contributed by atoms with Crippen molar-refractivity contribution in [1.29, 1.82) is 0 Å². The highest BCUT2D eigenvalue weighted by Gasteiger charge is 2.23. The van der Waals surface area contributed by atoms with Gasteiger partial charge in [0.15, 0.2) is 0 Å². The number of para-hydroxylation sites is 1. The van der Waals surface area contributed by atoms with Crippen LogP contribution in [-0.4, -0.2) is 10.9 Å². The van der Waals surface area contributed by atoms with Crippen molar-refractivity contribution in [2.24, 2.45) is 0 Å². The lowest BCUT2D eigenvalue weighted by Gasteiger charge is -2.02. The summed E-state index contributed by atoms with van der Waals surface area (Å²) in [5.41, 5.74) is 6.18. The maximum Gasteiger partial charge on any atom is 0.257 e. The van der Waals surface area contributed by atoms with Crippen LogP contribution in [0, 0.1) is 0 Å². The summed E-state index contributed by atoms with van der Waals surface area (Å²) in [6, 6.07) is 13.6. The molecule has 0 unspecified atom stereocenters. The first kappa shape index (κ1) is 12.1. The number of anilines is 2. The number of fused-ring (bicyclic) bond motifs is 2. The summed E-state index contributed by atoms with van der Waals surface area (Å²) < 4.78 is 1.12. The molecule has 1 aromatic heterocycles. The second kappa shape index (κ2) is 4.71. The molecule has 0 aliphatic carbocycles. The lowest BCUT2D eigenvalue weighted by atomic mass is 10.1. The Kier molecular flexibility index (Phi) is 2.72. The van der Waals surface area contributed by atoms with E-state index in [1.54, 1.807) is 17.5 Å². The number of aromatic nitrogens is 1. The highest BCUT2D eigenvalue weighted by Crippen LogP contribution is 2.31. The van der Waals surface area contributed by atoms with Crippen LogP contribution in [0.3, 0.4) is 0 Å². The molecule has 3 aromatic rings. The summed E-state index contributed by atoms with van der Waals surface area (Å²) in [5, 5.41) is 6.05. The van der Waals surface area contributed by atoms with Gasteiger partial charge in [0.2, 0.25) is 0 Å². The first-order valence-electron chi connectivity index (χ1n) is 6.52. The number of amides is 1. The van der Waals surface area contributed by atoms with E-state index in [1.165, 1.54) is 0 Å². The van der Waals surface area contributed by atoms with Crippen molar-refractivity contribution in [3.05, 3.63) is 59.7 Å². The number of rotatable bonds is 2. The average molecular weight is 293 g/mol. The van der Waals surface area contributed by atoms with Crippen molar-refractivity contribution in [3.8, 4) is 0 Å². The third-order valence-electron chi connectivity index (χ3n) is 3.42. The Morgan fingerprint density at radius 2 is 2.10 bits per heavy atom. The SMILES string of the molecule is O=C1Nc2ccccc2C1=CNc1ccc2ncsc2c1. The summed E-state index contributed by atoms with van der Waals surface area (Å²) in [6.45, 7) is 0. The lowest BCUT2D eigenvalue weighted by Crippen LogP contribution is -2.05. The molecule has 0 saturated heterocycles. The van der Waals surface area contributed by atoms with Crippen LogP contribution in [-0.2, 0) is 4.79 Å². The molecular formula is C16H11N3OS. The van der Waals surface area contributed by atoms with Gasteiger partial charge in [-0.1, -0.05) is 18.2 Å². The van der Waals surface area contributed by atoms with Crippen LogP contribution in [0.4, 0.5) is 11.4 Å². The van der Waals surface area contributed by atoms with Gasteiger partial charge < -0.3 is 10.6 Å². The van der Waals surface area contributed by atoms with Crippen molar-refractivity contribution in [2.75, 3.05) is 10.6 Å². The zero-order valence-electron chi connectivity index (χ0n) is 11.0. The number of nitrogens with one attached hydrogen (secondary N) is 2. The van der Waals surface area contributed by atoms with Gasteiger partial charge in [0, 0.05) is 23.1 Å². The summed E-state index contributed by atoms with van der Waals surface area (Å²) in [7, 11) is 0. The van der Waals surface area contributed by atoms with Gasteiger partial charge in [-0.2, -0.15) is 0 Å². The van der Waals surface area contributed by atoms with Crippen LogP contribution in [0.25, 0.3) is 15.8 Å². The first-order valence-corrected chi connectivity index (χ1v) is 7.40. The normalized spacial score (nSPS) is 15.2. The van der Waals surface area contributed by atoms with E-state index in [0.717, 1.165) is 27.2 Å². The smallest absolute Gasteiger partial charge is 0.257 e. The summed E-state index contributed by atoms with van der Waals surface area (Å²) in [4.78, 5) is 16.2. The predicted molar refractivity (Wildman–Crippen MR) is 86.3 cm³/mol. The molecule has 2 heterocycles. The van der Waals surface area contributed by atoms with E-state index in [1.807, 2.05) is 48.0 Å². The van der Waals surface area contributed by atoms with Gasteiger partial charge in [0.25, 0.3) is 5.91 Å². The molecule has 0 saturated carbocycles. The molecule has 4 nitrogen and oxygen atoms in total. The highest BCUT2D eigenvalue weighted by atomic mass is 32.1. The fourth-order valence-corrected chi connectivity index (χ4v) is 3.10. The second-order valence-electron chi connectivity index (χ2n) is 4.74. The third kappa shape index (κ3) is 2.08. The molecule has 1 aliphatic heterocycles. The zero-order valence-corrected chi connectivity index (χ0v) is 11.8. The van der Waals surface area contributed by atoms with Gasteiger partial charge >= 0.3 is 0 Å². The van der Waals surface area contributed by atoms with Crippen LogP contribution in [0.5, 0.6) is 0 Å². The number of hydrogen-bond donors (Lipinski definition) is 2. The largest absolute Gasteiger partial charge is 0.361 e. The molecule has 0 radical (unpaired) electrons. The van der Waals surface area contributed by atoms with E-state index >= 15 is 0 Å². The molecule has 2 aromatic carbocycles. The molecule has 1 amide bonds. The number of hydrogen-bond acceptors (Lipinski definition) is 4. The minimum absolute atomic E-state index is 0.0810. The maximum atomic E-state index is 12.0. The van der Waals surface area contributed by atoms with E-state index in [9.17, 15) is 4.79 Å². The summed E-state index contributed by atoms with van der Waals surface area (Å²) in [5.74, 6) is -0.0810. The average Bonchev–Trinajstić information content (AvgIpc) is 3.08. The lowest BCUT2D eigenvalue weighted by molar-refractivity contribution is -0.110. The van der Waals surface area contributed by atoms with Crippen LogP contribution in [0.1, 0.15) is 5.56 Å². The van der Waals surface area contributed by atoms with E-state index in [2.05, 4.69) is 15.6 Å². The van der Waals surface area contributed by atoms with Crippen molar-refractivity contribution in [1.82, 2.24) is 4.98 Å². The van der Waals surface area contributed by atoms with Crippen LogP contribution in [0.15, 0.2) is 54.2 Å². The van der Waals surface area contributed by atoms with E-state index in [-0.39, 0.29) is 5.91 Å². The van der Waals surface area contributed by atoms with E-state index < -0.39 is 0 Å². The van der Waals surface area contributed by atoms with Gasteiger partial charge in [-0.15, -0.1) is 11.3 Å². The van der Waals surface area contributed by atoms with Crippen LogP contribution >= 0.6 is 11.3 Å². The summed E-state index contributed by atoms with van der Waals surface area (Å²) >= 11 is 1.60. The monoisotopic (exact) mass is 293 g/mol. The van der Waals surface area contributed by atoms with Crippen molar-refractivity contribution in [2.45, 2.75) is 0 Å². The highest BCUT2D eigenvalue weighted by molar-refractivity contribution is 7.16. The molecule has 5 heteroatoms. The van der Waals surface area contributed by atoms with Gasteiger partial charge in [-0.05, 0) is 24.3 Å². The second-order valence-corrected chi connectivity index (χ2v) is 5.62. The van der Waals surface area contributed by atoms with Crippen molar-refractivity contribution < 1.29 is 4.79 Å². The molecule has 2 N–H and O–H groups in total. The Labute approximate surface area is 125 Å². The molecule has 0 atom stereocenters. The molecule has 0 bridgehead atoms. The number of benzene rings is 2. The van der Waals surface area contributed by atoms with E-state index in [0.29, 0.717) is 5.57 Å². The zero-order chi connectivity index (χ0) is 14.2.